The van der Waals surface area contributed by atoms with Crippen LogP contribution in [-0.2, 0) is 16.3 Å². The van der Waals surface area contributed by atoms with Gasteiger partial charge in [-0.2, -0.15) is 0 Å². The lowest BCUT2D eigenvalue weighted by Gasteiger charge is -2.01. The molecule has 1 aliphatic rings. The fourth-order valence-corrected chi connectivity index (χ4v) is 4.08. The van der Waals surface area contributed by atoms with Gasteiger partial charge in [0.1, 0.15) is 0 Å². The fourth-order valence-electron chi connectivity index (χ4n) is 1.76. The fraction of sp³-hybridized carbons (Fsp3) is 0.600. The summed E-state index contributed by atoms with van der Waals surface area (Å²) in [4.78, 5) is 0. The van der Waals surface area contributed by atoms with Crippen molar-refractivity contribution in [1.82, 2.24) is 10.2 Å². The number of nitrogens with zero attached hydrogens (tertiary/aromatic N) is 2. The summed E-state index contributed by atoms with van der Waals surface area (Å²) in [5.74, 6) is 4.04. The van der Waals surface area contributed by atoms with Crippen molar-refractivity contribution in [2.45, 2.75) is 18.1 Å². The van der Waals surface area contributed by atoms with Crippen LogP contribution < -0.4 is 0 Å². The number of hydrogen-bond donors (Lipinski definition) is 0. The Labute approximate surface area is 104 Å². The Kier molecular flexibility index (Phi) is 3.74. The van der Waals surface area contributed by atoms with E-state index in [0.717, 1.165) is 0 Å². The first kappa shape index (κ1) is 12.5. The zero-order chi connectivity index (χ0) is 12.3. The maximum Gasteiger partial charge on any atom is 0.277 e. The summed E-state index contributed by atoms with van der Waals surface area (Å²) in [5, 5.41) is 8.16. The third kappa shape index (κ3) is 3.48. The van der Waals surface area contributed by atoms with Crippen LogP contribution in [-0.4, -0.2) is 35.9 Å². The molecule has 1 atom stereocenters. The molecule has 92 valence electrons. The summed E-state index contributed by atoms with van der Waals surface area (Å²) in [6.45, 7) is 0. The molecule has 2 heterocycles. The number of aromatic nitrogens is 2. The number of rotatable bonds is 4. The van der Waals surface area contributed by atoms with Gasteiger partial charge in [-0.15, -0.1) is 16.6 Å². The largest absolute Gasteiger partial charge is 0.416 e. The predicted molar refractivity (Wildman–Crippen MR) is 64.3 cm³/mol. The van der Waals surface area contributed by atoms with E-state index >= 15 is 0 Å². The first-order valence-electron chi connectivity index (χ1n) is 5.18. The molecular weight excluding hydrogens is 260 g/mol. The average Bonchev–Trinajstić information content (AvgIpc) is 2.83. The smallest absolute Gasteiger partial charge is 0.277 e. The molecule has 1 aliphatic heterocycles. The molecule has 5 nitrogen and oxygen atoms in total. The van der Waals surface area contributed by atoms with Gasteiger partial charge in [0.05, 0.1) is 17.3 Å². The molecule has 1 aromatic heterocycles. The maximum absolute atomic E-state index is 11.3. The molecule has 7 heteroatoms. The summed E-state index contributed by atoms with van der Waals surface area (Å²) in [6.07, 6.45) is 6.33. The quantitative estimate of drug-likeness (QED) is 0.595. The van der Waals surface area contributed by atoms with E-state index in [0.29, 0.717) is 29.7 Å². The van der Waals surface area contributed by atoms with Crippen LogP contribution in [0, 0.1) is 18.3 Å². The molecule has 0 aliphatic carbocycles. The average molecular weight is 272 g/mol. The van der Waals surface area contributed by atoms with E-state index in [1.807, 2.05) is 0 Å². The van der Waals surface area contributed by atoms with Crippen LogP contribution >= 0.6 is 11.8 Å². The first-order valence-corrected chi connectivity index (χ1v) is 7.99. The molecule has 0 radical (unpaired) electrons. The van der Waals surface area contributed by atoms with Crippen LogP contribution in [0.15, 0.2) is 9.64 Å². The molecule has 0 spiro atoms. The minimum absolute atomic E-state index is 0.103. The second-order valence-electron chi connectivity index (χ2n) is 3.93. The van der Waals surface area contributed by atoms with E-state index in [-0.39, 0.29) is 17.4 Å². The second kappa shape index (κ2) is 5.10. The van der Waals surface area contributed by atoms with E-state index in [4.69, 9.17) is 10.8 Å². The van der Waals surface area contributed by atoms with Crippen LogP contribution in [0.25, 0.3) is 0 Å². The summed E-state index contributed by atoms with van der Waals surface area (Å²) < 4.78 is 27.9. The normalized spacial score (nSPS) is 22.4. The van der Waals surface area contributed by atoms with Gasteiger partial charge in [0.25, 0.3) is 5.22 Å². The minimum atomic E-state index is -2.84. The molecule has 0 aromatic carbocycles. The minimum Gasteiger partial charge on any atom is -0.416 e. The lowest BCUT2D eigenvalue weighted by Crippen LogP contribution is -2.07. The molecule has 0 amide bonds. The monoisotopic (exact) mass is 272 g/mol. The summed E-state index contributed by atoms with van der Waals surface area (Å²) in [6, 6.07) is 0. The third-order valence-corrected chi connectivity index (χ3v) is 5.08. The Balaban J connectivity index is 1.92. The third-order valence-electron chi connectivity index (χ3n) is 2.52. The molecule has 1 aromatic rings. The van der Waals surface area contributed by atoms with E-state index in [1.54, 1.807) is 0 Å². The van der Waals surface area contributed by atoms with Gasteiger partial charge >= 0.3 is 0 Å². The van der Waals surface area contributed by atoms with E-state index < -0.39 is 9.84 Å². The van der Waals surface area contributed by atoms with E-state index in [1.165, 1.54) is 11.8 Å². The lowest BCUT2D eigenvalue weighted by molar-refractivity contribution is 0.389. The van der Waals surface area contributed by atoms with Crippen LogP contribution in [0.1, 0.15) is 12.3 Å². The van der Waals surface area contributed by atoms with Crippen molar-refractivity contribution >= 4 is 21.6 Å². The molecule has 0 N–H and O–H groups in total. The van der Waals surface area contributed by atoms with Gasteiger partial charge in [-0.3, -0.25) is 0 Å². The Bertz CT molecular complexity index is 530. The van der Waals surface area contributed by atoms with Gasteiger partial charge in [-0.1, -0.05) is 17.7 Å². The van der Waals surface area contributed by atoms with Gasteiger partial charge in [-0.05, 0) is 12.3 Å². The Morgan fingerprint density at radius 2 is 2.35 bits per heavy atom. The van der Waals surface area contributed by atoms with Crippen molar-refractivity contribution < 1.29 is 12.8 Å². The van der Waals surface area contributed by atoms with Gasteiger partial charge in [-0.25, -0.2) is 8.42 Å². The van der Waals surface area contributed by atoms with Crippen LogP contribution in [0.3, 0.4) is 0 Å². The molecule has 0 unspecified atom stereocenters. The van der Waals surface area contributed by atoms with Gasteiger partial charge in [0.2, 0.25) is 5.89 Å². The van der Waals surface area contributed by atoms with Crippen molar-refractivity contribution in [3.8, 4) is 12.3 Å². The second-order valence-corrected chi connectivity index (χ2v) is 7.08. The van der Waals surface area contributed by atoms with E-state index in [9.17, 15) is 8.42 Å². The van der Waals surface area contributed by atoms with Crippen molar-refractivity contribution in [2.24, 2.45) is 5.92 Å². The molecule has 2 rings (SSSR count). The van der Waals surface area contributed by atoms with Crippen molar-refractivity contribution in [2.75, 3.05) is 17.3 Å². The van der Waals surface area contributed by atoms with Crippen LogP contribution in [0.4, 0.5) is 0 Å². The molecule has 0 saturated carbocycles. The number of thioether (sulfide) groups is 1. The summed E-state index contributed by atoms with van der Waals surface area (Å²) in [5.41, 5.74) is 0. The van der Waals surface area contributed by atoms with Crippen LogP contribution in [0.2, 0.25) is 0 Å². The maximum atomic E-state index is 11.3. The predicted octanol–water partition coefficient (Wildman–Crippen LogP) is 0.772. The topological polar surface area (TPSA) is 73.1 Å². The molecule has 17 heavy (non-hydrogen) atoms. The zero-order valence-electron chi connectivity index (χ0n) is 9.13. The molecule has 1 saturated heterocycles. The first-order chi connectivity index (χ1) is 8.09. The Morgan fingerprint density at radius 3 is 3.00 bits per heavy atom. The standard InChI is InChI=1S/C10H12N2O3S2/c1-2-4-16-10-12-11-9(15-10)6-8-3-5-17(13,14)7-8/h1,8H,3-7H2/t8-/m1/s1. The van der Waals surface area contributed by atoms with Gasteiger partial charge in [0.15, 0.2) is 9.84 Å². The Morgan fingerprint density at radius 1 is 1.53 bits per heavy atom. The highest BCUT2D eigenvalue weighted by atomic mass is 32.2. The number of hydrogen-bond acceptors (Lipinski definition) is 6. The molecule has 0 bridgehead atoms. The highest BCUT2D eigenvalue weighted by Crippen LogP contribution is 2.23. The number of sulfone groups is 1. The van der Waals surface area contributed by atoms with Crippen LogP contribution in [0.5, 0.6) is 0 Å². The molecule has 1 fully saturated rings. The number of terminal acetylenes is 1. The van der Waals surface area contributed by atoms with Crippen molar-refractivity contribution in [3.63, 3.8) is 0 Å². The lowest BCUT2D eigenvalue weighted by atomic mass is 10.1. The summed E-state index contributed by atoms with van der Waals surface area (Å²) in [7, 11) is -2.84. The highest BCUT2D eigenvalue weighted by Gasteiger charge is 2.29. The molecular formula is C10H12N2O3S2. The Hall–Kier alpha value is -1.00. The van der Waals surface area contributed by atoms with Crippen molar-refractivity contribution in [3.05, 3.63) is 5.89 Å². The SMILES string of the molecule is C#CCSc1nnc(C[C@H]2CCS(=O)(=O)C2)o1. The summed E-state index contributed by atoms with van der Waals surface area (Å²) >= 11 is 1.30. The highest BCUT2D eigenvalue weighted by molar-refractivity contribution is 7.99. The zero-order valence-corrected chi connectivity index (χ0v) is 10.8. The van der Waals surface area contributed by atoms with Gasteiger partial charge < -0.3 is 4.42 Å². The van der Waals surface area contributed by atoms with Crippen molar-refractivity contribution in [1.29, 1.82) is 0 Å². The van der Waals surface area contributed by atoms with E-state index in [2.05, 4.69) is 16.1 Å². The van der Waals surface area contributed by atoms with Gasteiger partial charge in [0, 0.05) is 6.42 Å².